The summed E-state index contributed by atoms with van der Waals surface area (Å²) in [5.74, 6) is 0.679. The minimum atomic E-state index is 0.456. The normalized spacial score (nSPS) is 18.2. The molecule has 0 N–H and O–H groups in total. The van der Waals surface area contributed by atoms with Crippen molar-refractivity contribution in [2.75, 3.05) is 6.54 Å². The topological polar surface area (TPSA) is 34.2 Å². The molecule has 1 aromatic carbocycles. The van der Waals surface area contributed by atoms with Crippen LogP contribution in [0.15, 0.2) is 52.3 Å². The highest BCUT2D eigenvalue weighted by molar-refractivity contribution is 7.71. The van der Waals surface area contributed by atoms with Gasteiger partial charge in [-0.1, -0.05) is 36.4 Å². The van der Waals surface area contributed by atoms with Gasteiger partial charge in [-0.2, -0.15) is 0 Å². The molecule has 1 atom stereocenters. The fraction of sp³-hybridized carbons (Fsp3) is 0.333. The molecule has 1 aliphatic rings. The lowest BCUT2D eigenvalue weighted by Gasteiger charge is -2.22. The standard InChI is InChI=1S/C18H19N3OS2/c23-18-21(19-17(22-18)12-14-6-2-1-3-7-14)13-20-10-4-8-15(20)16-9-5-11-24-16/h1-3,5-7,9,11,15H,4,8,10,12-13H2/t15-/m0/s1. The second-order valence-electron chi connectivity index (χ2n) is 6.05. The SMILES string of the molecule is S=c1oc(Cc2ccccc2)nn1CN1CCC[C@H]1c1cccs1. The van der Waals surface area contributed by atoms with Crippen LogP contribution >= 0.6 is 23.6 Å². The summed E-state index contributed by atoms with van der Waals surface area (Å²) in [5, 5.41) is 6.74. The lowest BCUT2D eigenvalue weighted by molar-refractivity contribution is 0.190. The monoisotopic (exact) mass is 357 g/mol. The Morgan fingerprint density at radius 1 is 1.21 bits per heavy atom. The maximum absolute atomic E-state index is 5.70. The zero-order chi connectivity index (χ0) is 16.4. The van der Waals surface area contributed by atoms with E-state index in [1.165, 1.54) is 23.3 Å². The van der Waals surface area contributed by atoms with Crippen LogP contribution < -0.4 is 0 Å². The minimum absolute atomic E-state index is 0.456. The zero-order valence-corrected chi connectivity index (χ0v) is 14.9. The van der Waals surface area contributed by atoms with Crippen LogP contribution in [-0.2, 0) is 13.1 Å². The van der Waals surface area contributed by atoms with E-state index >= 15 is 0 Å². The molecule has 0 radical (unpaired) electrons. The highest BCUT2D eigenvalue weighted by Gasteiger charge is 2.27. The molecule has 6 heteroatoms. The molecule has 24 heavy (non-hydrogen) atoms. The Balaban J connectivity index is 1.50. The molecule has 1 saturated heterocycles. The number of hydrogen-bond donors (Lipinski definition) is 0. The van der Waals surface area contributed by atoms with Crippen molar-refractivity contribution < 1.29 is 4.42 Å². The molecular weight excluding hydrogens is 338 g/mol. The fourth-order valence-electron chi connectivity index (χ4n) is 3.25. The third-order valence-corrected chi connectivity index (χ3v) is 5.66. The van der Waals surface area contributed by atoms with Crippen molar-refractivity contribution in [1.29, 1.82) is 0 Å². The van der Waals surface area contributed by atoms with Gasteiger partial charge >= 0.3 is 0 Å². The third kappa shape index (κ3) is 3.36. The molecule has 3 aromatic rings. The van der Waals surface area contributed by atoms with E-state index in [1.807, 2.05) is 34.2 Å². The summed E-state index contributed by atoms with van der Waals surface area (Å²) < 4.78 is 7.52. The Morgan fingerprint density at radius 3 is 2.88 bits per heavy atom. The van der Waals surface area contributed by atoms with E-state index in [4.69, 9.17) is 16.6 Å². The number of hydrogen-bond acceptors (Lipinski definition) is 5. The van der Waals surface area contributed by atoms with Crippen LogP contribution in [0, 0.1) is 4.84 Å². The second kappa shape index (κ2) is 7.01. The predicted octanol–water partition coefficient (Wildman–Crippen LogP) is 4.65. The first-order chi connectivity index (χ1) is 11.8. The number of rotatable bonds is 5. The van der Waals surface area contributed by atoms with Crippen molar-refractivity contribution in [3.8, 4) is 0 Å². The molecule has 0 spiro atoms. The van der Waals surface area contributed by atoms with Gasteiger partial charge in [0.25, 0.3) is 4.84 Å². The summed E-state index contributed by atoms with van der Waals surface area (Å²) in [7, 11) is 0. The summed E-state index contributed by atoms with van der Waals surface area (Å²) in [5.41, 5.74) is 1.18. The molecule has 0 unspecified atom stereocenters. The Hall–Kier alpha value is -1.76. The van der Waals surface area contributed by atoms with Crippen molar-refractivity contribution in [3.63, 3.8) is 0 Å². The number of benzene rings is 1. The maximum atomic E-state index is 5.70. The average Bonchev–Trinajstić information content (AvgIpc) is 3.31. The van der Waals surface area contributed by atoms with Gasteiger partial charge in [0.1, 0.15) is 0 Å². The largest absolute Gasteiger partial charge is 0.414 e. The predicted molar refractivity (Wildman–Crippen MR) is 97.6 cm³/mol. The van der Waals surface area contributed by atoms with E-state index in [-0.39, 0.29) is 0 Å². The third-order valence-electron chi connectivity index (χ3n) is 4.40. The molecule has 0 amide bonds. The fourth-order valence-corrected chi connectivity index (χ4v) is 4.34. The molecule has 4 rings (SSSR count). The quantitative estimate of drug-likeness (QED) is 0.622. The maximum Gasteiger partial charge on any atom is 0.288 e. The van der Waals surface area contributed by atoms with E-state index in [9.17, 15) is 0 Å². The van der Waals surface area contributed by atoms with Crippen LogP contribution in [0.5, 0.6) is 0 Å². The van der Waals surface area contributed by atoms with Gasteiger partial charge < -0.3 is 4.42 Å². The van der Waals surface area contributed by atoms with Gasteiger partial charge in [0.15, 0.2) is 0 Å². The van der Waals surface area contributed by atoms with E-state index in [1.54, 1.807) is 0 Å². The average molecular weight is 358 g/mol. The van der Waals surface area contributed by atoms with Crippen LogP contribution in [0.4, 0.5) is 0 Å². The molecule has 0 saturated carbocycles. The number of likely N-dealkylation sites (tertiary alicyclic amines) is 1. The first-order valence-electron chi connectivity index (χ1n) is 8.18. The number of thiophene rings is 1. The first-order valence-corrected chi connectivity index (χ1v) is 9.46. The van der Waals surface area contributed by atoms with E-state index in [0.29, 0.717) is 29.9 Å². The second-order valence-corrected chi connectivity index (χ2v) is 7.38. The minimum Gasteiger partial charge on any atom is -0.414 e. The molecule has 0 aliphatic carbocycles. The Bertz CT molecular complexity index is 839. The van der Waals surface area contributed by atoms with Gasteiger partial charge in [-0.15, -0.1) is 16.4 Å². The number of aromatic nitrogens is 2. The molecule has 3 heterocycles. The summed E-state index contributed by atoms with van der Waals surface area (Å²) >= 11 is 7.20. The lowest BCUT2D eigenvalue weighted by atomic mass is 10.2. The van der Waals surface area contributed by atoms with Gasteiger partial charge in [-0.05, 0) is 42.1 Å². The van der Waals surface area contributed by atoms with Gasteiger partial charge in [0.05, 0.1) is 13.1 Å². The molecule has 1 fully saturated rings. The van der Waals surface area contributed by atoms with E-state index < -0.39 is 0 Å². The van der Waals surface area contributed by atoms with Crippen molar-refractivity contribution in [1.82, 2.24) is 14.7 Å². The summed E-state index contributed by atoms with van der Waals surface area (Å²) in [4.78, 5) is 4.32. The van der Waals surface area contributed by atoms with Crippen molar-refractivity contribution >= 4 is 23.6 Å². The van der Waals surface area contributed by atoms with Gasteiger partial charge in [0.2, 0.25) is 5.89 Å². The highest BCUT2D eigenvalue weighted by Crippen LogP contribution is 2.34. The Kier molecular flexibility index (Phi) is 4.60. The molecule has 0 bridgehead atoms. The smallest absolute Gasteiger partial charge is 0.288 e. The van der Waals surface area contributed by atoms with Crippen LogP contribution in [0.25, 0.3) is 0 Å². The Morgan fingerprint density at radius 2 is 2.08 bits per heavy atom. The van der Waals surface area contributed by atoms with Crippen LogP contribution in [-0.4, -0.2) is 21.2 Å². The van der Waals surface area contributed by atoms with Gasteiger partial charge in [-0.3, -0.25) is 4.90 Å². The molecule has 4 nitrogen and oxygen atoms in total. The van der Waals surface area contributed by atoms with Crippen molar-refractivity contribution in [2.45, 2.75) is 32.0 Å². The lowest BCUT2D eigenvalue weighted by Crippen LogP contribution is -2.26. The molecule has 1 aliphatic heterocycles. The van der Waals surface area contributed by atoms with Crippen LogP contribution in [0.1, 0.15) is 35.2 Å². The zero-order valence-electron chi connectivity index (χ0n) is 13.3. The van der Waals surface area contributed by atoms with Crippen molar-refractivity contribution in [3.05, 3.63) is 69.0 Å². The summed E-state index contributed by atoms with van der Waals surface area (Å²) in [6.45, 7) is 1.77. The van der Waals surface area contributed by atoms with E-state index in [0.717, 1.165) is 6.54 Å². The molecule has 2 aromatic heterocycles. The molecule has 124 valence electrons. The Labute approximate surface area is 150 Å². The molecular formula is C18H19N3OS2. The van der Waals surface area contributed by atoms with Crippen LogP contribution in [0.2, 0.25) is 0 Å². The van der Waals surface area contributed by atoms with Gasteiger partial charge in [0, 0.05) is 17.5 Å². The van der Waals surface area contributed by atoms with Crippen molar-refractivity contribution in [2.24, 2.45) is 0 Å². The summed E-state index contributed by atoms with van der Waals surface area (Å²) in [6, 6.07) is 15.0. The number of nitrogens with zero attached hydrogens (tertiary/aromatic N) is 3. The highest BCUT2D eigenvalue weighted by atomic mass is 32.1. The van der Waals surface area contributed by atoms with Gasteiger partial charge in [-0.25, -0.2) is 4.68 Å². The first kappa shape index (κ1) is 15.7. The van der Waals surface area contributed by atoms with E-state index in [2.05, 4.69) is 39.6 Å². The summed E-state index contributed by atoms with van der Waals surface area (Å²) in [6.07, 6.45) is 3.08. The van der Waals surface area contributed by atoms with Crippen LogP contribution in [0.3, 0.4) is 0 Å².